The summed E-state index contributed by atoms with van der Waals surface area (Å²) < 4.78 is 75.8. The third-order valence-corrected chi connectivity index (χ3v) is 9.49. The van der Waals surface area contributed by atoms with Gasteiger partial charge in [-0.15, -0.1) is 0 Å². The number of ether oxygens (including phenoxy) is 1. The normalized spacial score (nSPS) is 31.8. The van der Waals surface area contributed by atoms with Crippen LogP contribution in [0.2, 0.25) is 0 Å². The van der Waals surface area contributed by atoms with E-state index >= 15 is 0 Å². The first-order valence-corrected chi connectivity index (χ1v) is 14.1. The predicted molar refractivity (Wildman–Crippen MR) is 132 cm³/mol. The van der Waals surface area contributed by atoms with E-state index in [9.17, 15) is 21.6 Å². The standard InChI is InChI=1S/C27H31F3N2O3S/c1-25(2)32(36(3,33)34)26(17-35-25)14-20-15-27(29,30)12-11-23(20)24(26)10-9-22-8-7-19(16-31-22)18-5-4-6-21(28)13-18/h4-10,13,16,20,23-24H,11-12,14-15,17H2,1-3H3/b10-9+/t20-,23-,24+,26?/m1/s1. The molecule has 5 rings (SSSR count). The molecule has 0 N–H and O–H groups in total. The average molecular weight is 521 g/mol. The van der Waals surface area contributed by atoms with Gasteiger partial charge in [-0.25, -0.2) is 21.6 Å². The van der Waals surface area contributed by atoms with Gasteiger partial charge < -0.3 is 4.74 Å². The maximum Gasteiger partial charge on any atom is 0.248 e. The summed E-state index contributed by atoms with van der Waals surface area (Å²) in [6.45, 7) is 3.59. The van der Waals surface area contributed by atoms with Gasteiger partial charge in [0, 0.05) is 30.5 Å². The minimum absolute atomic E-state index is 0.0748. The van der Waals surface area contributed by atoms with Crippen molar-refractivity contribution in [3.63, 3.8) is 0 Å². The van der Waals surface area contributed by atoms with Gasteiger partial charge in [-0.3, -0.25) is 4.98 Å². The van der Waals surface area contributed by atoms with Gasteiger partial charge in [0.15, 0.2) is 0 Å². The van der Waals surface area contributed by atoms with Crippen LogP contribution < -0.4 is 0 Å². The van der Waals surface area contributed by atoms with Gasteiger partial charge in [-0.05, 0) is 68.4 Å². The molecule has 2 saturated carbocycles. The lowest BCUT2D eigenvalue weighted by molar-refractivity contribution is -0.0659. The Morgan fingerprint density at radius 3 is 2.58 bits per heavy atom. The Morgan fingerprint density at radius 1 is 1.14 bits per heavy atom. The molecule has 0 amide bonds. The van der Waals surface area contributed by atoms with Gasteiger partial charge in [-0.2, -0.15) is 4.31 Å². The second-order valence-electron chi connectivity index (χ2n) is 11.0. The first kappa shape index (κ1) is 25.4. The maximum atomic E-state index is 14.4. The van der Waals surface area contributed by atoms with Crippen LogP contribution in [-0.4, -0.2) is 47.8 Å². The summed E-state index contributed by atoms with van der Waals surface area (Å²) in [6.07, 6.45) is 6.84. The highest BCUT2D eigenvalue weighted by Gasteiger charge is 2.66. The summed E-state index contributed by atoms with van der Waals surface area (Å²) in [6, 6.07) is 9.93. The molecule has 4 atom stereocenters. The lowest BCUT2D eigenvalue weighted by Gasteiger charge is -2.41. The summed E-state index contributed by atoms with van der Waals surface area (Å²) in [7, 11) is -3.69. The number of fused-ring (bicyclic) bond motifs is 1. The number of alkyl halides is 2. The number of sulfonamides is 1. The van der Waals surface area contributed by atoms with Crippen LogP contribution in [0.1, 0.15) is 45.2 Å². The molecule has 3 fully saturated rings. The van der Waals surface area contributed by atoms with Crippen molar-refractivity contribution in [2.75, 3.05) is 12.9 Å². The molecule has 0 radical (unpaired) electrons. The molecule has 194 valence electrons. The molecule has 36 heavy (non-hydrogen) atoms. The maximum absolute atomic E-state index is 14.4. The Balaban J connectivity index is 1.49. The number of nitrogens with zero attached hydrogens (tertiary/aromatic N) is 2. The zero-order chi connectivity index (χ0) is 25.9. The van der Waals surface area contributed by atoms with Crippen molar-refractivity contribution in [1.82, 2.24) is 9.29 Å². The van der Waals surface area contributed by atoms with E-state index < -0.39 is 27.2 Å². The van der Waals surface area contributed by atoms with Gasteiger partial charge in [0.1, 0.15) is 11.5 Å². The van der Waals surface area contributed by atoms with E-state index in [2.05, 4.69) is 4.98 Å². The van der Waals surface area contributed by atoms with Crippen LogP contribution in [0.5, 0.6) is 0 Å². The molecule has 2 heterocycles. The van der Waals surface area contributed by atoms with Crippen LogP contribution >= 0.6 is 0 Å². The van der Waals surface area contributed by atoms with E-state index in [-0.39, 0.29) is 43.0 Å². The van der Waals surface area contributed by atoms with Crippen molar-refractivity contribution < 1.29 is 26.3 Å². The van der Waals surface area contributed by atoms with E-state index in [1.165, 1.54) is 16.4 Å². The van der Waals surface area contributed by atoms with Crippen LogP contribution in [0.3, 0.4) is 0 Å². The van der Waals surface area contributed by atoms with Crippen molar-refractivity contribution in [2.45, 2.75) is 56.7 Å². The molecule has 5 nitrogen and oxygen atoms in total. The highest BCUT2D eigenvalue weighted by Crippen LogP contribution is 2.60. The fraction of sp³-hybridized carbons (Fsp3) is 0.519. The summed E-state index contributed by atoms with van der Waals surface area (Å²) in [5.74, 6) is -3.73. The summed E-state index contributed by atoms with van der Waals surface area (Å²) in [5.41, 5.74) is 0.144. The van der Waals surface area contributed by atoms with E-state index in [1.807, 2.05) is 24.3 Å². The van der Waals surface area contributed by atoms with E-state index in [4.69, 9.17) is 4.74 Å². The first-order valence-electron chi connectivity index (χ1n) is 12.2. The minimum atomic E-state index is -3.69. The van der Waals surface area contributed by atoms with E-state index in [0.29, 0.717) is 24.1 Å². The molecule has 9 heteroatoms. The van der Waals surface area contributed by atoms with E-state index in [1.54, 1.807) is 32.2 Å². The number of rotatable bonds is 4. The second-order valence-corrected chi connectivity index (χ2v) is 12.8. The lowest BCUT2D eigenvalue weighted by atomic mass is 9.75. The molecule has 1 aromatic heterocycles. The summed E-state index contributed by atoms with van der Waals surface area (Å²) in [5, 5.41) is 0. The van der Waals surface area contributed by atoms with E-state index in [0.717, 1.165) is 11.8 Å². The smallest absolute Gasteiger partial charge is 0.248 e. The van der Waals surface area contributed by atoms with Crippen molar-refractivity contribution >= 4 is 16.1 Å². The molecular weight excluding hydrogens is 489 g/mol. The molecular formula is C27H31F3N2O3S. The number of hydrogen-bond donors (Lipinski definition) is 0. The number of benzene rings is 1. The van der Waals surface area contributed by atoms with Crippen molar-refractivity contribution in [3.05, 3.63) is 60.2 Å². The molecule has 1 saturated heterocycles. The Morgan fingerprint density at radius 2 is 1.92 bits per heavy atom. The fourth-order valence-corrected chi connectivity index (χ4v) is 8.62. The molecule has 1 aliphatic heterocycles. The van der Waals surface area contributed by atoms with Gasteiger partial charge in [0.2, 0.25) is 15.9 Å². The van der Waals surface area contributed by atoms with Gasteiger partial charge in [-0.1, -0.05) is 24.3 Å². The minimum Gasteiger partial charge on any atom is -0.358 e. The number of hydrogen-bond acceptors (Lipinski definition) is 4. The molecule has 1 unspecified atom stereocenters. The molecule has 1 aromatic carbocycles. The summed E-state index contributed by atoms with van der Waals surface area (Å²) in [4.78, 5) is 4.49. The highest BCUT2D eigenvalue weighted by atomic mass is 32.2. The molecule has 3 aliphatic rings. The van der Waals surface area contributed by atoms with Gasteiger partial charge in [0.25, 0.3) is 0 Å². The highest BCUT2D eigenvalue weighted by molar-refractivity contribution is 7.88. The van der Waals surface area contributed by atoms with Crippen LogP contribution in [0.25, 0.3) is 17.2 Å². The SMILES string of the molecule is CC1(C)OCC2(C[C@@H]3CC(F)(F)CC[C@H]3[C@@H]2/C=C/c2ccc(-c3cccc(F)c3)cn2)N1S(C)(=O)=O. The molecule has 2 aliphatic carbocycles. The van der Waals surface area contributed by atoms with Gasteiger partial charge >= 0.3 is 0 Å². The zero-order valence-electron chi connectivity index (χ0n) is 20.6. The topological polar surface area (TPSA) is 59.5 Å². The Hall–Kier alpha value is -2.23. The van der Waals surface area contributed by atoms with Crippen LogP contribution in [0, 0.1) is 23.6 Å². The molecule has 2 aromatic rings. The predicted octanol–water partition coefficient (Wildman–Crippen LogP) is 5.74. The van der Waals surface area contributed by atoms with Crippen molar-refractivity contribution in [3.8, 4) is 11.1 Å². The summed E-state index contributed by atoms with van der Waals surface area (Å²) >= 11 is 0. The lowest BCUT2D eigenvalue weighted by Crippen LogP contribution is -2.57. The number of aromatic nitrogens is 1. The number of halogens is 3. The molecule has 0 bridgehead atoms. The van der Waals surface area contributed by atoms with Crippen LogP contribution in [-0.2, 0) is 14.8 Å². The van der Waals surface area contributed by atoms with Crippen molar-refractivity contribution in [1.29, 1.82) is 0 Å². The molecule has 1 spiro atoms. The second kappa shape index (κ2) is 8.67. The van der Waals surface area contributed by atoms with Gasteiger partial charge in [0.05, 0.1) is 24.1 Å². The zero-order valence-corrected chi connectivity index (χ0v) is 21.4. The van der Waals surface area contributed by atoms with Crippen LogP contribution in [0.4, 0.5) is 13.2 Å². The third-order valence-electron chi connectivity index (χ3n) is 8.03. The Kier molecular flexibility index (Phi) is 6.12. The monoisotopic (exact) mass is 520 g/mol. The number of pyridine rings is 1. The van der Waals surface area contributed by atoms with Crippen LogP contribution in [0.15, 0.2) is 48.7 Å². The first-order chi connectivity index (χ1) is 16.8. The average Bonchev–Trinajstić information content (AvgIpc) is 3.22. The van der Waals surface area contributed by atoms with Crippen molar-refractivity contribution in [2.24, 2.45) is 17.8 Å². The third kappa shape index (κ3) is 4.50. The quantitative estimate of drug-likeness (QED) is 0.516. The fourth-order valence-electron chi connectivity index (χ4n) is 6.86. The Bertz CT molecular complexity index is 1280. The Labute approximate surface area is 210 Å². The largest absolute Gasteiger partial charge is 0.358 e.